The monoisotopic (exact) mass is 268 g/mol. The van der Waals surface area contributed by atoms with Gasteiger partial charge in [0.2, 0.25) is 0 Å². The van der Waals surface area contributed by atoms with Crippen LogP contribution in [0.15, 0.2) is 18.5 Å². The fraction of sp³-hybridized carbons (Fsp3) is 0.417. The van der Waals surface area contributed by atoms with Gasteiger partial charge in [-0.25, -0.2) is 0 Å². The van der Waals surface area contributed by atoms with E-state index < -0.39 is 11.4 Å². The van der Waals surface area contributed by atoms with Crippen LogP contribution in [0.2, 0.25) is 5.02 Å². The Morgan fingerprint density at radius 2 is 2.22 bits per heavy atom. The molecular formula is C12H13ClN2O3. The molecule has 2 rings (SSSR count). The van der Waals surface area contributed by atoms with Crippen molar-refractivity contribution in [2.75, 3.05) is 6.54 Å². The zero-order chi connectivity index (χ0) is 13.2. The van der Waals surface area contributed by atoms with E-state index in [9.17, 15) is 9.59 Å². The molecule has 0 saturated heterocycles. The zero-order valence-corrected chi connectivity index (χ0v) is 10.4. The summed E-state index contributed by atoms with van der Waals surface area (Å²) in [5, 5.41) is 12.1. The number of carboxylic acids is 1. The lowest BCUT2D eigenvalue weighted by Crippen LogP contribution is -2.47. The molecule has 1 aliphatic rings. The van der Waals surface area contributed by atoms with Gasteiger partial charge < -0.3 is 10.4 Å². The SMILES string of the molecule is O=C(NCC1(C(=O)O)CCC1)c1cnccc1Cl. The topological polar surface area (TPSA) is 79.3 Å². The van der Waals surface area contributed by atoms with Crippen molar-refractivity contribution >= 4 is 23.5 Å². The highest BCUT2D eigenvalue weighted by Crippen LogP contribution is 2.40. The molecule has 1 aliphatic carbocycles. The number of halogens is 1. The Balaban J connectivity index is 2.01. The van der Waals surface area contributed by atoms with E-state index in [0.29, 0.717) is 17.9 Å². The van der Waals surface area contributed by atoms with E-state index in [1.54, 1.807) is 0 Å². The summed E-state index contributed by atoms with van der Waals surface area (Å²) in [6.07, 6.45) is 4.94. The molecule has 1 amide bonds. The van der Waals surface area contributed by atoms with E-state index in [4.69, 9.17) is 16.7 Å². The molecule has 0 aromatic carbocycles. The van der Waals surface area contributed by atoms with Gasteiger partial charge in [0.25, 0.3) is 5.91 Å². The molecule has 1 heterocycles. The van der Waals surface area contributed by atoms with Crippen LogP contribution in [0.5, 0.6) is 0 Å². The van der Waals surface area contributed by atoms with Crippen molar-refractivity contribution in [1.29, 1.82) is 0 Å². The van der Waals surface area contributed by atoms with E-state index >= 15 is 0 Å². The van der Waals surface area contributed by atoms with Gasteiger partial charge in [-0.1, -0.05) is 18.0 Å². The first-order valence-electron chi connectivity index (χ1n) is 5.66. The van der Waals surface area contributed by atoms with Crippen LogP contribution in [-0.2, 0) is 4.79 Å². The highest BCUT2D eigenvalue weighted by atomic mass is 35.5. The smallest absolute Gasteiger partial charge is 0.311 e. The van der Waals surface area contributed by atoms with E-state index in [-0.39, 0.29) is 18.0 Å². The summed E-state index contributed by atoms with van der Waals surface area (Å²) in [5.41, 5.74) is -0.538. The van der Waals surface area contributed by atoms with Crippen LogP contribution in [0.3, 0.4) is 0 Å². The molecule has 1 aromatic heterocycles. The lowest BCUT2D eigenvalue weighted by atomic mass is 9.69. The summed E-state index contributed by atoms with van der Waals surface area (Å²) >= 11 is 5.86. The molecule has 1 saturated carbocycles. The molecule has 1 fully saturated rings. The highest BCUT2D eigenvalue weighted by molar-refractivity contribution is 6.33. The molecule has 0 radical (unpaired) electrons. The maximum atomic E-state index is 11.8. The zero-order valence-electron chi connectivity index (χ0n) is 9.65. The highest BCUT2D eigenvalue weighted by Gasteiger charge is 2.44. The number of nitrogens with zero attached hydrogens (tertiary/aromatic N) is 1. The minimum absolute atomic E-state index is 0.131. The van der Waals surface area contributed by atoms with Crippen molar-refractivity contribution in [1.82, 2.24) is 10.3 Å². The number of amides is 1. The minimum Gasteiger partial charge on any atom is -0.481 e. The molecule has 0 spiro atoms. The number of hydrogen-bond donors (Lipinski definition) is 2. The quantitative estimate of drug-likeness (QED) is 0.871. The molecule has 0 atom stereocenters. The number of carbonyl (C=O) groups excluding carboxylic acids is 1. The van der Waals surface area contributed by atoms with Crippen LogP contribution < -0.4 is 5.32 Å². The standard InChI is InChI=1S/C12H13ClN2O3/c13-9-2-5-14-6-8(9)10(16)15-7-12(11(17)18)3-1-4-12/h2,5-6H,1,3-4,7H2,(H,15,16)(H,17,18). The maximum Gasteiger partial charge on any atom is 0.311 e. The number of aromatic nitrogens is 1. The van der Waals surface area contributed by atoms with Crippen LogP contribution >= 0.6 is 11.6 Å². The summed E-state index contributed by atoms with van der Waals surface area (Å²) in [6.45, 7) is 0.131. The van der Waals surface area contributed by atoms with Gasteiger partial charge in [0, 0.05) is 18.9 Å². The lowest BCUT2D eigenvalue weighted by molar-refractivity contribution is -0.153. The van der Waals surface area contributed by atoms with Crippen molar-refractivity contribution in [3.63, 3.8) is 0 Å². The molecule has 0 aliphatic heterocycles. The fourth-order valence-electron chi connectivity index (χ4n) is 1.96. The lowest BCUT2D eigenvalue weighted by Gasteiger charge is -2.37. The molecule has 0 bridgehead atoms. The third-order valence-corrected chi connectivity index (χ3v) is 3.69. The van der Waals surface area contributed by atoms with Gasteiger partial charge in [-0.05, 0) is 18.9 Å². The molecular weight excluding hydrogens is 256 g/mol. The average molecular weight is 269 g/mol. The summed E-state index contributed by atoms with van der Waals surface area (Å²) in [7, 11) is 0. The van der Waals surface area contributed by atoms with E-state index in [1.807, 2.05) is 0 Å². The summed E-state index contributed by atoms with van der Waals surface area (Å²) < 4.78 is 0. The summed E-state index contributed by atoms with van der Waals surface area (Å²) in [5.74, 6) is -1.24. The molecule has 2 N–H and O–H groups in total. The number of aliphatic carboxylic acids is 1. The molecule has 96 valence electrons. The van der Waals surface area contributed by atoms with Crippen LogP contribution in [0.4, 0.5) is 0 Å². The largest absolute Gasteiger partial charge is 0.481 e. The number of hydrogen-bond acceptors (Lipinski definition) is 3. The molecule has 5 nitrogen and oxygen atoms in total. The van der Waals surface area contributed by atoms with Crippen molar-refractivity contribution in [2.24, 2.45) is 5.41 Å². The van der Waals surface area contributed by atoms with Gasteiger partial charge in [-0.15, -0.1) is 0 Å². The number of rotatable bonds is 4. The minimum atomic E-state index is -0.855. The predicted octanol–water partition coefficient (Wildman–Crippen LogP) is 1.72. The molecule has 1 aromatic rings. The van der Waals surface area contributed by atoms with Gasteiger partial charge in [0.15, 0.2) is 0 Å². The Kier molecular flexibility index (Phi) is 3.52. The van der Waals surface area contributed by atoms with Gasteiger partial charge in [0.1, 0.15) is 0 Å². The second kappa shape index (κ2) is 4.94. The van der Waals surface area contributed by atoms with Crippen LogP contribution in [-0.4, -0.2) is 28.5 Å². The van der Waals surface area contributed by atoms with E-state index in [0.717, 1.165) is 6.42 Å². The Bertz CT molecular complexity index is 486. The normalized spacial score (nSPS) is 16.7. The summed E-state index contributed by atoms with van der Waals surface area (Å²) in [4.78, 5) is 26.8. The number of nitrogens with one attached hydrogen (secondary N) is 1. The number of pyridine rings is 1. The van der Waals surface area contributed by atoms with Crippen LogP contribution in [0.1, 0.15) is 29.6 Å². The molecule has 0 unspecified atom stereocenters. The summed E-state index contributed by atoms with van der Waals surface area (Å²) in [6, 6.07) is 1.52. The third-order valence-electron chi connectivity index (χ3n) is 3.36. The fourth-order valence-corrected chi connectivity index (χ4v) is 2.15. The second-order valence-electron chi connectivity index (χ2n) is 4.48. The first-order chi connectivity index (χ1) is 8.55. The van der Waals surface area contributed by atoms with Crippen molar-refractivity contribution < 1.29 is 14.7 Å². The first kappa shape index (κ1) is 12.8. The van der Waals surface area contributed by atoms with Gasteiger partial charge in [0.05, 0.1) is 16.0 Å². The van der Waals surface area contributed by atoms with Gasteiger partial charge in [-0.3, -0.25) is 14.6 Å². The Hall–Kier alpha value is -1.62. The average Bonchev–Trinajstić information content (AvgIpc) is 2.27. The number of carbonyl (C=O) groups is 2. The van der Waals surface area contributed by atoms with Crippen LogP contribution in [0, 0.1) is 5.41 Å². The Labute approximate surface area is 109 Å². The number of carboxylic acid groups (broad SMARTS) is 1. The first-order valence-corrected chi connectivity index (χ1v) is 6.04. The molecule has 18 heavy (non-hydrogen) atoms. The Morgan fingerprint density at radius 1 is 1.50 bits per heavy atom. The Morgan fingerprint density at radius 3 is 2.72 bits per heavy atom. The van der Waals surface area contributed by atoms with Crippen molar-refractivity contribution in [2.45, 2.75) is 19.3 Å². The van der Waals surface area contributed by atoms with Gasteiger partial charge in [-0.2, -0.15) is 0 Å². The third kappa shape index (κ3) is 2.31. The second-order valence-corrected chi connectivity index (χ2v) is 4.88. The van der Waals surface area contributed by atoms with E-state index in [1.165, 1.54) is 18.5 Å². The van der Waals surface area contributed by atoms with Crippen LogP contribution in [0.25, 0.3) is 0 Å². The van der Waals surface area contributed by atoms with Gasteiger partial charge >= 0.3 is 5.97 Å². The van der Waals surface area contributed by atoms with Crippen molar-refractivity contribution in [3.8, 4) is 0 Å². The van der Waals surface area contributed by atoms with E-state index in [2.05, 4.69) is 10.3 Å². The maximum absolute atomic E-state index is 11.8. The predicted molar refractivity (Wildman–Crippen MR) is 65.5 cm³/mol. The van der Waals surface area contributed by atoms with Crippen molar-refractivity contribution in [3.05, 3.63) is 29.0 Å². The molecule has 6 heteroatoms.